The summed E-state index contributed by atoms with van der Waals surface area (Å²) >= 11 is 0. The maximum atomic E-state index is 12.4. The molecule has 0 aliphatic carbocycles. The summed E-state index contributed by atoms with van der Waals surface area (Å²) in [5, 5.41) is 13.1. The third-order valence-electron chi connectivity index (χ3n) is 5.33. The number of phenols is 1. The molecule has 0 atom stereocenters. The number of benzene rings is 2. The molecule has 0 amide bonds. The minimum atomic E-state index is -3.70. The maximum absolute atomic E-state index is 12.4. The van der Waals surface area contributed by atoms with Gasteiger partial charge in [-0.3, -0.25) is 0 Å². The largest absolute Gasteiger partial charge is 0.508 e. The molecule has 0 saturated carbocycles. The van der Waals surface area contributed by atoms with E-state index >= 15 is 0 Å². The minimum absolute atomic E-state index is 0.149. The monoisotopic (exact) mass is 444 g/mol. The Labute approximate surface area is 187 Å². The van der Waals surface area contributed by atoms with Crippen LogP contribution < -0.4 is 4.83 Å². The minimum Gasteiger partial charge on any atom is -0.508 e. The quantitative estimate of drug-likeness (QED) is 0.196. The van der Waals surface area contributed by atoms with Crippen LogP contribution in [-0.2, 0) is 16.4 Å². The normalized spacial score (nSPS) is 11.8. The molecule has 0 radical (unpaired) electrons. The van der Waals surface area contributed by atoms with E-state index in [0.717, 1.165) is 18.4 Å². The van der Waals surface area contributed by atoms with Gasteiger partial charge in [-0.1, -0.05) is 76.8 Å². The number of aryl methyl sites for hydroxylation is 1. The number of phenolic OH excluding ortho intramolecular Hbond substituents is 1. The van der Waals surface area contributed by atoms with Gasteiger partial charge >= 0.3 is 0 Å². The number of aromatic hydroxyl groups is 1. The van der Waals surface area contributed by atoms with Gasteiger partial charge in [-0.2, -0.15) is 13.5 Å². The van der Waals surface area contributed by atoms with Crippen molar-refractivity contribution in [2.24, 2.45) is 5.10 Å². The van der Waals surface area contributed by atoms with Crippen LogP contribution in [0.2, 0.25) is 0 Å². The fraction of sp³-hybridized carbons (Fsp3) is 0.480. The first-order chi connectivity index (χ1) is 15.0. The van der Waals surface area contributed by atoms with Crippen LogP contribution >= 0.6 is 0 Å². The van der Waals surface area contributed by atoms with E-state index in [2.05, 4.69) is 16.9 Å². The fourth-order valence-corrected chi connectivity index (χ4v) is 4.23. The van der Waals surface area contributed by atoms with Crippen LogP contribution in [0.1, 0.15) is 82.3 Å². The van der Waals surface area contributed by atoms with Crippen molar-refractivity contribution >= 4 is 16.2 Å². The fourth-order valence-electron chi connectivity index (χ4n) is 3.44. The molecule has 0 bridgehead atoms. The molecular weight excluding hydrogens is 408 g/mol. The number of unbranched alkanes of at least 4 members (excludes halogenated alkanes) is 9. The van der Waals surface area contributed by atoms with Crippen LogP contribution in [0.4, 0.5) is 0 Å². The number of hydrogen-bond acceptors (Lipinski definition) is 4. The highest BCUT2D eigenvalue weighted by molar-refractivity contribution is 7.89. The number of hydrogen-bond donors (Lipinski definition) is 2. The van der Waals surface area contributed by atoms with E-state index in [1.165, 1.54) is 76.1 Å². The predicted molar refractivity (Wildman–Crippen MR) is 128 cm³/mol. The van der Waals surface area contributed by atoms with Crippen molar-refractivity contribution < 1.29 is 13.5 Å². The van der Waals surface area contributed by atoms with Crippen LogP contribution in [0.25, 0.3) is 0 Å². The van der Waals surface area contributed by atoms with Gasteiger partial charge in [0.05, 0.1) is 11.1 Å². The third-order valence-corrected chi connectivity index (χ3v) is 6.57. The Kier molecular flexibility index (Phi) is 11.1. The Hall–Kier alpha value is -2.34. The molecule has 0 heterocycles. The molecule has 0 aromatic heterocycles. The highest BCUT2D eigenvalue weighted by Crippen LogP contribution is 2.15. The van der Waals surface area contributed by atoms with E-state index in [1.807, 2.05) is 12.1 Å². The summed E-state index contributed by atoms with van der Waals surface area (Å²) in [7, 11) is -3.70. The van der Waals surface area contributed by atoms with Crippen LogP contribution in [0.5, 0.6) is 5.75 Å². The molecule has 2 aromatic rings. The average molecular weight is 445 g/mol. The summed E-state index contributed by atoms with van der Waals surface area (Å²) in [6.45, 7) is 2.25. The van der Waals surface area contributed by atoms with Gasteiger partial charge in [0.1, 0.15) is 5.75 Å². The topological polar surface area (TPSA) is 78.8 Å². The van der Waals surface area contributed by atoms with Gasteiger partial charge in [0, 0.05) is 0 Å². The first-order valence-electron chi connectivity index (χ1n) is 11.4. The summed E-state index contributed by atoms with van der Waals surface area (Å²) in [5.41, 5.74) is 1.85. The molecule has 2 rings (SSSR count). The summed E-state index contributed by atoms with van der Waals surface area (Å²) in [6, 6.07) is 13.4. The summed E-state index contributed by atoms with van der Waals surface area (Å²) < 4.78 is 24.7. The van der Waals surface area contributed by atoms with Gasteiger partial charge in [-0.15, -0.1) is 0 Å². The number of nitrogens with one attached hydrogen (secondary N) is 1. The van der Waals surface area contributed by atoms with Crippen LogP contribution in [0, 0.1) is 0 Å². The highest BCUT2D eigenvalue weighted by Gasteiger charge is 2.12. The lowest BCUT2D eigenvalue weighted by Crippen LogP contribution is -2.18. The molecule has 0 spiro atoms. The zero-order valence-corrected chi connectivity index (χ0v) is 19.4. The molecule has 31 heavy (non-hydrogen) atoms. The first kappa shape index (κ1) is 24.9. The molecule has 2 aromatic carbocycles. The van der Waals surface area contributed by atoms with E-state index < -0.39 is 10.0 Å². The van der Waals surface area contributed by atoms with E-state index in [0.29, 0.717) is 5.56 Å². The van der Waals surface area contributed by atoms with Crippen LogP contribution in [0.15, 0.2) is 58.5 Å². The Bertz CT molecular complexity index is 876. The molecule has 0 unspecified atom stereocenters. The second-order valence-electron chi connectivity index (χ2n) is 8.02. The number of nitrogens with zero attached hydrogens (tertiary/aromatic N) is 1. The molecule has 6 heteroatoms. The van der Waals surface area contributed by atoms with Crippen LogP contribution in [-0.4, -0.2) is 19.7 Å². The molecule has 0 aliphatic rings. The molecule has 170 valence electrons. The Morgan fingerprint density at radius 3 is 1.94 bits per heavy atom. The van der Waals surface area contributed by atoms with E-state index in [-0.39, 0.29) is 10.6 Å². The molecule has 0 aliphatic heterocycles. The van der Waals surface area contributed by atoms with Gasteiger partial charge in [0.15, 0.2) is 0 Å². The SMILES string of the molecule is CCCCCCCCCCCCc1ccc(S(=O)(=O)N/N=C\c2ccc(O)cc2)cc1. The van der Waals surface area contributed by atoms with E-state index in [1.54, 1.807) is 24.3 Å². The summed E-state index contributed by atoms with van der Waals surface area (Å²) in [4.78, 5) is 2.42. The zero-order chi connectivity index (χ0) is 22.4. The van der Waals surface area contributed by atoms with Crippen molar-refractivity contribution in [3.05, 3.63) is 59.7 Å². The van der Waals surface area contributed by atoms with Gasteiger partial charge in [0.2, 0.25) is 0 Å². The standard InChI is InChI=1S/C25H36N2O3S/c1-2-3-4-5-6-7-8-9-10-11-12-22-15-19-25(20-16-22)31(29,30)27-26-21-23-13-17-24(28)18-14-23/h13-21,27-28H,2-12H2,1H3/b26-21-. The van der Waals surface area contributed by atoms with Gasteiger partial charge in [-0.05, 0) is 60.4 Å². The Morgan fingerprint density at radius 1 is 0.806 bits per heavy atom. The maximum Gasteiger partial charge on any atom is 0.276 e. The van der Waals surface area contributed by atoms with Crippen molar-refractivity contribution in [1.29, 1.82) is 0 Å². The zero-order valence-electron chi connectivity index (χ0n) is 18.6. The predicted octanol–water partition coefficient (Wildman–Crippen LogP) is 6.17. The van der Waals surface area contributed by atoms with E-state index in [9.17, 15) is 13.5 Å². The second kappa shape index (κ2) is 13.9. The Morgan fingerprint density at radius 2 is 1.35 bits per heavy atom. The molecule has 0 saturated heterocycles. The molecule has 2 N–H and O–H groups in total. The van der Waals surface area contributed by atoms with Crippen molar-refractivity contribution in [2.75, 3.05) is 0 Å². The van der Waals surface area contributed by atoms with Gasteiger partial charge in [-0.25, -0.2) is 4.83 Å². The number of hydrazone groups is 1. The lowest BCUT2D eigenvalue weighted by atomic mass is 10.0. The van der Waals surface area contributed by atoms with Crippen molar-refractivity contribution in [1.82, 2.24) is 4.83 Å². The lowest BCUT2D eigenvalue weighted by molar-refractivity contribution is 0.475. The average Bonchev–Trinajstić information content (AvgIpc) is 2.77. The summed E-state index contributed by atoms with van der Waals surface area (Å²) in [5.74, 6) is 0.149. The van der Waals surface area contributed by atoms with Crippen LogP contribution in [0.3, 0.4) is 0 Å². The second-order valence-corrected chi connectivity index (χ2v) is 9.68. The first-order valence-corrected chi connectivity index (χ1v) is 12.9. The Balaban J connectivity index is 1.67. The number of rotatable bonds is 15. The van der Waals surface area contributed by atoms with Crippen molar-refractivity contribution in [3.63, 3.8) is 0 Å². The van der Waals surface area contributed by atoms with Gasteiger partial charge in [0.25, 0.3) is 10.0 Å². The molecule has 0 fully saturated rings. The third kappa shape index (κ3) is 10.0. The van der Waals surface area contributed by atoms with Crippen molar-refractivity contribution in [3.8, 4) is 5.75 Å². The van der Waals surface area contributed by atoms with Crippen molar-refractivity contribution in [2.45, 2.75) is 82.4 Å². The summed E-state index contributed by atoms with van der Waals surface area (Å²) in [6.07, 6.45) is 15.5. The number of sulfonamides is 1. The highest BCUT2D eigenvalue weighted by atomic mass is 32.2. The smallest absolute Gasteiger partial charge is 0.276 e. The molecule has 5 nitrogen and oxygen atoms in total. The lowest BCUT2D eigenvalue weighted by Gasteiger charge is -2.06. The van der Waals surface area contributed by atoms with Gasteiger partial charge < -0.3 is 5.11 Å². The van der Waals surface area contributed by atoms with E-state index in [4.69, 9.17) is 0 Å². The molecular formula is C25H36N2O3S.